The van der Waals surface area contributed by atoms with Crippen LogP contribution in [0.4, 0.5) is 10.1 Å². The first-order chi connectivity index (χ1) is 17.1. The molecule has 0 unspecified atom stereocenters. The van der Waals surface area contributed by atoms with Crippen molar-refractivity contribution in [2.75, 3.05) is 18.1 Å². The van der Waals surface area contributed by atoms with Crippen molar-refractivity contribution >= 4 is 35.3 Å². The average molecular weight is 489 g/mol. The van der Waals surface area contributed by atoms with Gasteiger partial charge in [0.25, 0.3) is 11.8 Å². The Hall–Kier alpha value is -3.42. The molecule has 0 aromatic heterocycles. The Morgan fingerprint density at radius 3 is 2.66 bits per heavy atom. The first kappa shape index (κ1) is 23.3. The van der Waals surface area contributed by atoms with Crippen LogP contribution in [0.5, 0.6) is 0 Å². The third-order valence-electron chi connectivity index (χ3n) is 6.05. The molecule has 2 heterocycles. The van der Waals surface area contributed by atoms with Crippen LogP contribution in [0.3, 0.4) is 0 Å². The molecule has 1 N–H and O–H groups in total. The lowest BCUT2D eigenvalue weighted by Crippen LogP contribution is -2.35. The Labute approximate surface area is 208 Å². The Bertz CT molecular complexity index is 1250. The van der Waals surface area contributed by atoms with Gasteiger partial charge in [-0.3, -0.25) is 9.59 Å². The number of benzene rings is 3. The van der Waals surface area contributed by atoms with Crippen LogP contribution < -0.4 is 10.2 Å². The van der Waals surface area contributed by atoms with Gasteiger partial charge < -0.3 is 15.0 Å². The zero-order valence-electron chi connectivity index (χ0n) is 19.1. The minimum Gasteiger partial charge on any atom is -0.376 e. The van der Waals surface area contributed by atoms with E-state index in [0.29, 0.717) is 22.7 Å². The predicted octanol–water partition coefficient (Wildman–Crippen LogP) is 5.41. The van der Waals surface area contributed by atoms with Crippen LogP contribution in [0.25, 0.3) is 6.08 Å². The molecule has 2 amide bonds. The van der Waals surface area contributed by atoms with Crippen LogP contribution in [0.2, 0.25) is 0 Å². The van der Waals surface area contributed by atoms with Crippen molar-refractivity contribution in [1.82, 2.24) is 5.32 Å². The van der Waals surface area contributed by atoms with Gasteiger partial charge in [0.05, 0.1) is 23.2 Å². The van der Waals surface area contributed by atoms with Gasteiger partial charge in [0.1, 0.15) is 5.82 Å². The summed E-state index contributed by atoms with van der Waals surface area (Å²) >= 11 is 1.39. The number of halogens is 1. The number of carbonyl (C=O) groups excluding carboxylic acids is 2. The van der Waals surface area contributed by atoms with E-state index in [1.165, 1.54) is 23.9 Å². The van der Waals surface area contributed by atoms with E-state index < -0.39 is 0 Å². The van der Waals surface area contributed by atoms with Crippen LogP contribution in [0.15, 0.2) is 82.6 Å². The highest BCUT2D eigenvalue weighted by Crippen LogP contribution is 2.43. The van der Waals surface area contributed by atoms with Gasteiger partial charge in [-0.1, -0.05) is 54.2 Å². The summed E-state index contributed by atoms with van der Waals surface area (Å²) in [6.45, 7) is 1.46. The van der Waals surface area contributed by atoms with E-state index in [2.05, 4.69) is 5.32 Å². The number of ether oxygens (including phenoxy) is 1. The van der Waals surface area contributed by atoms with Crippen LogP contribution >= 0.6 is 11.8 Å². The summed E-state index contributed by atoms with van der Waals surface area (Å²) in [6, 6.07) is 21.2. The van der Waals surface area contributed by atoms with Crippen LogP contribution in [0.1, 0.15) is 34.3 Å². The number of hydrogen-bond acceptors (Lipinski definition) is 4. The lowest BCUT2D eigenvalue weighted by Gasteiger charge is -2.31. The Morgan fingerprint density at radius 1 is 1.11 bits per heavy atom. The van der Waals surface area contributed by atoms with Crippen molar-refractivity contribution in [2.45, 2.75) is 30.4 Å². The normalized spacial score (nSPS) is 18.5. The summed E-state index contributed by atoms with van der Waals surface area (Å²) in [5, 5.41) is 2.94. The zero-order chi connectivity index (χ0) is 24.2. The van der Waals surface area contributed by atoms with E-state index in [-0.39, 0.29) is 30.3 Å². The molecule has 5 rings (SSSR count). The summed E-state index contributed by atoms with van der Waals surface area (Å²) < 4.78 is 19.1. The highest BCUT2D eigenvalue weighted by atomic mass is 32.2. The van der Waals surface area contributed by atoms with E-state index in [1.807, 2.05) is 42.5 Å². The fourth-order valence-electron chi connectivity index (χ4n) is 4.20. The van der Waals surface area contributed by atoms with Gasteiger partial charge in [0.15, 0.2) is 0 Å². The van der Waals surface area contributed by atoms with Crippen molar-refractivity contribution in [2.24, 2.45) is 0 Å². The smallest absolute Gasteiger partial charge is 0.265 e. The molecular weight excluding hydrogens is 463 g/mol. The van der Waals surface area contributed by atoms with Gasteiger partial charge in [-0.15, -0.1) is 0 Å². The second kappa shape index (κ2) is 10.5. The lowest BCUT2D eigenvalue weighted by molar-refractivity contribution is -0.114. The number of nitrogens with zero attached hydrogens (tertiary/aromatic N) is 1. The van der Waals surface area contributed by atoms with E-state index in [9.17, 15) is 14.0 Å². The highest BCUT2D eigenvalue weighted by Gasteiger charge is 2.30. The number of anilines is 1. The SMILES string of the molecule is O=C(NC[C@@H]1CCCO1)c1ccc2c(c1)N(Cc1ccc(F)cc1)C(=O)/C(=C/c1ccccc1)S2. The molecule has 2 aliphatic rings. The molecule has 35 heavy (non-hydrogen) atoms. The molecule has 1 saturated heterocycles. The molecule has 3 aromatic carbocycles. The standard InChI is InChI=1S/C28H25FN2O3S/c29-22-11-8-20(9-12-22)18-31-24-16-21(27(32)30-17-23-7-4-14-34-23)10-13-25(24)35-26(28(31)33)15-19-5-2-1-3-6-19/h1-3,5-6,8-13,15-16,23H,4,7,14,17-18H2,(H,30,32)/b26-15-/t23-/m0/s1. The van der Waals surface area contributed by atoms with E-state index in [4.69, 9.17) is 4.74 Å². The molecule has 0 saturated carbocycles. The Morgan fingerprint density at radius 2 is 1.91 bits per heavy atom. The van der Waals surface area contributed by atoms with Crippen molar-refractivity contribution in [1.29, 1.82) is 0 Å². The molecule has 3 aromatic rings. The van der Waals surface area contributed by atoms with Crippen molar-refractivity contribution in [3.8, 4) is 0 Å². The topological polar surface area (TPSA) is 58.6 Å². The zero-order valence-corrected chi connectivity index (χ0v) is 19.9. The summed E-state index contributed by atoms with van der Waals surface area (Å²) in [5.41, 5.74) is 2.87. The number of fused-ring (bicyclic) bond motifs is 1. The number of nitrogens with one attached hydrogen (secondary N) is 1. The van der Waals surface area contributed by atoms with Crippen molar-refractivity contribution < 1.29 is 18.7 Å². The molecule has 0 aliphatic carbocycles. The van der Waals surface area contributed by atoms with Gasteiger partial charge >= 0.3 is 0 Å². The summed E-state index contributed by atoms with van der Waals surface area (Å²) in [4.78, 5) is 29.6. The van der Waals surface area contributed by atoms with Crippen LogP contribution in [-0.4, -0.2) is 31.1 Å². The molecule has 0 radical (unpaired) electrons. The van der Waals surface area contributed by atoms with Crippen LogP contribution in [-0.2, 0) is 16.1 Å². The highest BCUT2D eigenvalue weighted by molar-refractivity contribution is 8.04. The summed E-state index contributed by atoms with van der Waals surface area (Å²) in [6.07, 6.45) is 3.87. The first-order valence-corrected chi connectivity index (χ1v) is 12.4. The largest absolute Gasteiger partial charge is 0.376 e. The quantitative estimate of drug-likeness (QED) is 0.471. The van der Waals surface area contributed by atoms with Gasteiger partial charge in [0.2, 0.25) is 0 Å². The lowest BCUT2D eigenvalue weighted by atomic mass is 10.1. The maximum Gasteiger partial charge on any atom is 0.265 e. The number of hydrogen-bond donors (Lipinski definition) is 1. The fourth-order valence-corrected chi connectivity index (χ4v) is 5.23. The molecule has 1 atom stereocenters. The van der Waals surface area contributed by atoms with Gasteiger partial charge in [-0.2, -0.15) is 0 Å². The number of amides is 2. The first-order valence-electron chi connectivity index (χ1n) is 11.6. The van der Waals surface area contributed by atoms with Crippen molar-refractivity contribution in [3.05, 3.63) is 100 Å². The van der Waals surface area contributed by atoms with Crippen LogP contribution in [0, 0.1) is 5.82 Å². The monoisotopic (exact) mass is 488 g/mol. The van der Waals surface area contributed by atoms with E-state index in [1.54, 1.807) is 29.2 Å². The molecule has 0 bridgehead atoms. The second-order valence-corrected chi connectivity index (χ2v) is 9.65. The minimum absolute atomic E-state index is 0.0503. The third-order valence-corrected chi connectivity index (χ3v) is 7.13. The molecule has 5 nitrogen and oxygen atoms in total. The molecule has 7 heteroatoms. The third kappa shape index (κ3) is 5.47. The van der Waals surface area contributed by atoms with Gasteiger partial charge in [-0.05, 0) is 60.4 Å². The van der Waals surface area contributed by atoms with E-state index >= 15 is 0 Å². The maximum atomic E-state index is 13.6. The molecular formula is C28H25FN2O3S. The maximum absolute atomic E-state index is 13.6. The number of carbonyl (C=O) groups is 2. The Balaban J connectivity index is 1.45. The summed E-state index contributed by atoms with van der Waals surface area (Å²) in [7, 11) is 0. The fraction of sp³-hybridized carbons (Fsp3) is 0.214. The number of thioether (sulfide) groups is 1. The molecule has 2 aliphatic heterocycles. The second-order valence-electron chi connectivity index (χ2n) is 8.57. The molecule has 1 fully saturated rings. The number of rotatable bonds is 6. The minimum atomic E-state index is -0.329. The van der Waals surface area contributed by atoms with Gasteiger partial charge in [0, 0.05) is 23.6 Å². The Kier molecular flexibility index (Phi) is 6.97. The van der Waals surface area contributed by atoms with Crippen molar-refractivity contribution in [3.63, 3.8) is 0 Å². The predicted molar refractivity (Wildman–Crippen MR) is 136 cm³/mol. The van der Waals surface area contributed by atoms with E-state index in [0.717, 1.165) is 35.5 Å². The average Bonchev–Trinajstić information content (AvgIpc) is 3.40. The summed E-state index contributed by atoms with van der Waals surface area (Å²) in [5.74, 6) is -0.690. The molecule has 178 valence electrons. The molecule has 0 spiro atoms. The van der Waals surface area contributed by atoms with Gasteiger partial charge in [-0.25, -0.2) is 4.39 Å².